The zero-order valence-corrected chi connectivity index (χ0v) is 16.8. The second-order valence-corrected chi connectivity index (χ2v) is 8.81. The van der Waals surface area contributed by atoms with Crippen molar-refractivity contribution in [1.82, 2.24) is 4.57 Å². The van der Waals surface area contributed by atoms with Crippen LogP contribution in [-0.2, 0) is 15.6 Å². The molecule has 7 heteroatoms. The Hall–Kier alpha value is -2.05. The summed E-state index contributed by atoms with van der Waals surface area (Å²) < 4.78 is 41.6. The van der Waals surface area contributed by atoms with Gasteiger partial charge in [0, 0.05) is 23.0 Å². The molecule has 0 radical (unpaired) electrons. The molecule has 144 valence electrons. The number of nitrogens with one attached hydrogen (secondary N) is 1. The molecule has 3 rings (SSSR count). The number of fused-ring (bicyclic) bond motifs is 1. The van der Waals surface area contributed by atoms with E-state index in [1.165, 1.54) is 0 Å². The molecular formula is C20H22ClFN2O2S. The number of alkyl halides is 1. The quantitative estimate of drug-likeness (QED) is 0.585. The van der Waals surface area contributed by atoms with Crippen LogP contribution < -0.4 is 4.72 Å². The van der Waals surface area contributed by atoms with E-state index in [9.17, 15) is 12.8 Å². The number of hydrogen-bond donors (Lipinski definition) is 1. The number of nitrogens with zero attached hydrogens (tertiary/aromatic N) is 1. The fourth-order valence-corrected chi connectivity index (χ4v) is 4.40. The second kappa shape index (κ2) is 7.52. The van der Waals surface area contributed by atoms with Gasteiger partial charge in [-0.25, -0.2) is 8.42 Å². The highest BCUT2D eigenvalue weighted by molar-refractivity contribution is 7.92. The second-order valence-electron chi connectivity index (χ2n) is 6.63. The number of halogens is 2. The molecule has 0 amide bonds. The van der Waals surface area contributed by atoms with E-state index in [4.69, 9.17) is 11.6 Å². The Morgan fingerprint density at radius 1 is 1.15 bits per heavy atom. The van der Waals surface area contributed by atoms with Crippen molar-refractivity contribution < 1.29 is 12.8 Å². The largest absolute Gasteiger partial charge is 0.337 e. The van der Waals surface area contributed by atoms with E-state index < -0.39 is 22.2 Å². The molecule has 1 atom stereocenters. The first-order valence-corrected chi connectivity index (χ1v) is 11.0. The Kier molecular flexibility index (Phi) is 5.49. The fourth-order valence-electron chi connectivity index (χ4n) is 3.70. The van der Waals surface area contributed by atoms with Gasteiger partial charge in [-0.3, -0.25) is 9.11 Å². The Labute approximate surface area is 164 Å². The van der Waals surface area contributed by atoms with Crippen molar-refractivity contribution >= 4 is 38.2 Å². The molecule has 1 heterocycles. The number of anilines is 1. The minimum atomic E-state index is -3.40. The van der Waals surface area contributed by atoms with Crippen LogP contribution in [0.3, 0.4) is 0 Å². The number of benzene rings is 2. The van der Waals surface area contributed by atoms with Crippen molar-refractivity contribution in [3.63, 3.8) is 0 Å². The molecule has 1 aromatic heterocycles. The lowest BCUT2D eigenvalue weighted by Crippen LogP contribution is -2.34. The highest BCUT2D eigenvalue weighted by Gasteiger charge is 2.33. The molecule has 1 N–H and O–H groups in total. The minimum Gasteiger partial charge on any atom is -0.337 e. The fraction of sp³-hybridized carbons (Fsp3) is 0.300. The number of rotatable bonds is 7. The molecule has 0 fully saturated rings. The summed E-state index contributed by atoms with van der Waals surface area (Å²) in [6, 6.07) is 14.8. The van der Waals surface area contributed by atoms with E-state index in [0.29, 0.717) is 23.6 Å². The minimum absolute atomic E-state index is 0.304. The van der Waals surface area contributed by atoms with Crippen LogP contribution in [-0.4, -0.2) is 25.9 Å². The van der Waals surface area contributed by atoms with Gasteiger partial charge in [-0.15, -0.1) is 0 Å². The van der Waals surface area contributed by atoms with Crippen LogP contribution in [0.15, 0.2) is 54.7 Å². The molecule has 0 bridgehead atoms. The van der Waals surface area contributed by atoms with E-state index in [1.807, 2.05) is 54.1 Å². The molecular weight excluding hydrogens is 387 g/mol. The first-order valence-electron chi connectivity index (χ1n) is 8.71. The van der Waals surface area contributed by atoms with Gasteiger partial charge in [-0.05, 0) is 42.3 Å². The van der Waals surface area contributed by atoms with Gasteiger partial charge in [0.1, 0.15) is 0 Å². The van der Waals surface area contributed by atoms with Gasteiger partial charge < -0.3 is 4.57 Å². The molecule has 27 heavy (non-hydrogen) atoms. The Morgan fingerprint density at radius 3 is 2.44 bits per heavy atom. The molecule has 1 unspecified atom stereocenters. The van der Waals surface area contributed by atoms with Gasteiger partial charge in [0.2, 0.25) is 10.0 Å². The van der Waals surface area contributed by atoms with Crippen LogP contribution in [0.1, 0.15) is 25.3 Å². The summed E-state index contributed by atoms with van der Waals surface area (Å²) in [4.78, 5) is 0. The monoisotopic (exact) mass is 408 g/mol. The van der Waals surface area contributed by atoms with Crippen LogP contribution in [0.5, 0.6) is 0 Å². The Bertz CT molecular complexity index is 1050. The number of hydrogen-bond acceptors (Lipinski definition) is 2. The molecule has 3 aromatic rings. The lowest BCUT2D eigenvalue weighted by Gasteiger charge is -2.36. The van der Waals surface area contributed by atoms with Crippen molar-refractivity contribution in [2.75, 3.05) is 17.7 Å². The average Bonchev–Trinajstić information content (AvgIpc) is 3.05. The Balaban J connectivity index is 2.23. The summed E-state index contributed by atoms with van der Waals surface area (Å²) in [6.07, 6.45) is 3.99. The molecule has 4 nitrogen and oxygen atoms in total. The van der Waals surface area contributed by atoms with Crippen molar-refractivity contribution in [1.29, 1.82) is 0 Å². The molecule has 2 aromatic carbocycles. The van der Waals surface area contributed by atoms with Gasteiger partial charge in [-0.2, -0.15) is 0 Å². The van der Waals surface area contributed by atoms with Gasteiger partial charge in [0.25, 0.3) is 0 Å². The van der Waals surface area contributed by atoms with Gasteiger partial charge >= 0.3 is 0 Å². The Morgan fingerprint density at radius 2 is 1.85 bits per heavy atom. The van der Waals surface area contributed by atoms with Crippen LogP contribution >= 0.6 is 11.6 Å². The molecule has 0 aliphatic heterocycles. The van der Waals surface area contributed by atoms with Gasteiger partial charge in [0.15, 0.2) is 0 Å². The molecule has 0 aliphatic rings. The topological polar surface area (TPSA) is 51.1 Å². The summed E-state index contributed by atoms with van der Waals surface area (Å²) >= 11 is 6.04. The maximum absolute atomic E-state index is 13.6. The average molecular weight is 409 g/mol. The smallest absolute Gasteiger partial charge is 0.229 e. The summed E-state index contributed by atoms with van der Waals surface area (Å²) in [7, 11) is -3.40. The highest BCUT2D eigenvalue weighted by Crippen LogP contribution is 2.39. The van der Waals surface area contributed by atoms with Crippen molar-refractivity contribution in [3.8, 4) is 0 Å². The van der Waals surface area contributed by atoms with Crippen molar-refractivity contribution in [3.05, 3.63) is 65.3 Å². The molecule has 0 saturated heterocycles. The number of aromatic nitrogens is 1. The lowest BCUT2D eigenvalue weighted by molar-refractivity contribution is 0.284. The first kappa shape index (κ1) is 19.7. The zero-order chi connectivity index (χ0) is 19.7. The summed E-state index contributed by atoms with van der Waals surface area (Å²) in [5, 5.41) is 1.40. The van der Waals surface area contributed by atoms with Crippen LogP contribution in [0.25, 0.3) is 10.9 Å². The summed E-state index contributed by atoms with van der Waals surface area (Å²) in [6.45, 7) is 1.55. The maximum atomic E-state index is 13.6. The predicted octanol–water partition coefficient (Wildman–Crippen LogP) is 5.18. The van der Waals surface area contributed by atoms with Crippen LogP contribution in [0, 0.1) is 0 Å². The molecule has 0 aliphatic carbocycles. The van der Waals surface area contributed by atoms with E-state index >= 15 is 0 Å². The SMILES string of the molecule is CCC(CCF)(c1ccc(Cl)cc1)n1ccc2c(NS(C)(=O)=O)cccc21. The van der Waals surface area contributed by atoms with Crippen LogP contribution in [0.4, 0.5) is 10.1 Å². The maximum Gasteiger partial charge on any atom is 0.229 e. The first-order chi connectivity index (χ1) is 12.8. The van der Waals surface area contributed by atoms with E-state index in [2.05, 4.69) is 4.72 Å². The lowest BCUT2D eigenvalue weighted by atomic mass is 9.84. The summed E-state index contributed by atoms with van der Waals surface area (Å²) in [5.74, 6) is 0. The third-order valence-corrected chi connectivity index (χ3v) is 5.81. The normalized spacial score (nSPS) is 14.2. The van der Waals surface area contributed by atoms with E-state index in [-0.39, 0.29) is 0 Å². The van der Waals surface area contributed by atoms with Crippen molar-refractivity contribution in [2.45, 2.75) is 25.3 Å². The van der Waals surface area contributed by atoms with Gasteiger partial charge in [-0.1, -0.05) is 36.7 Å². The zero-order valence-electron chi connectivity index (χ0n) is 15.2. The van der Waals surface area contributed by atoms with Gasteiger partial charge in [0.05, 0.1) is 29.7 Å². The van der Waals surface area contributed by atoms with Crippen LogP contribution in [0.2, 0.25) is 5.02 Å². The van der Waals surface area contributed by atoms with Crippen molar-refractivity contribution in [2.24, 2.45) is 0 Å². The number of sulfonamides is 1. The third-order valence-electron chi connectivity index (χ3n) is 4.96. The highest BCUT2D eigenvalue weighted by atomic mass is 35.5. The summed E-state index contributed by atoms with van der Waals surface area (Å²) in [5.41, 5.74) is 1.72. The third kappa shape index (κ3) is 3.82. The predicted molar refractivity (Wildman–Crippen MR) is 110 cm³/mol. The van der Waals surface area contributed by atoms with E-state index in [1.54, 1.807) is 12.1 Å². The standard InChI is InChI=1S/C20H22ClFN2O2S/c1-3-20(12-13-22,15-7-9-16(21)10-8-15)24-14-11-17-18(23-27(2,25)26)5-4-6-19(17)24/h4-11,14,23H,3,12-13H2,1-2H3. The van der Waals surface area contributed by atoms with E-state index in [0.717, 1.165) is 22.7 Å². The molecule has 0 spiro atoms. The molecule has 0 saturated carbocycles.